The number of aryl methyl sites for hydroxylation is 2. The predicted molar refractivity (Wildman–Crippen MR) is 108 cm³/mol. The molecular formula is C20H30N6O2. The summed E-state index contributed by atoms with van der Waals surface area (Å²) < 4.78 is 7.21. The molecule has 28 heavy (non-hydrogen) atoms. The van der Waals surface area contributed by atoms with Crippen molar-refractivity contribution in [2.45, 2.75) is 39.8 Å². The van der Waals surface area contributed by atoms with Gasteiger partial charge in [-0.2, -0.15) is 5.10 Å². The normalized spacial score (nSPS) is 15.4. The highest BCUT2D eigenvalue weighted by atomic mass is 16.5. The molecule has 8 nitrogen and oxygen atoms in total. The zero-order valence-electron chi connectivity index (χ0n) is 17.2. The van der Waals surface area contributed by atoms with E-state index >= 15 is 0 Å². The van der Waals surface area contributed by atoms with Crippen molar-refractivity contribution >= 4 is 6.03 Å². The van der Waals surface area contributed by atoms with E-state index in [4.69, 9.17) is 4.74 Å². The van der Waals surface area contributed by atoms with Crippen LogP contribution in [0.5, 0.6) is 0 Å². The molecular weight excluding hydrogens is 356 g/mol. The molecule has 2 N–H and O–H groups in total. The Kier molecular flexibility index (Phi) is 6.31. The number of hydrogen-bond acceptors (Lipinski definition) is 5. The van der Waals surface area contributed by atoms with Crippen LogP contribution in [-0.2, 0) is 11.3 Å². The van der Waals surface area contributed by atoms with E-state index in [1.54, 1.807) is 6.20 Å². The summed E-state index contributed by atoms with van der Waals surface area (Å²) in [4.78, 5) is 19.0. The molecule has 2 aromatic rings. The Morgan fingerprint density at radius 3 is 2.57 bits per heavy atom. The topological polar surface area (TPSA) is 84.3 Å². The number of urea groups is 1. The summed E-state index contributed by atoms with van der Waals surface area (Å²) in [5, 5.41) is 10.3. The molecule has 0 aromatic carbocycles. The van der Waals surface area contributed by atoms with Crippen LogP contribution in [0.15, 0.2) is 24.4 Å². The zero-order chi connectivity index (χ0) is 20.1. The fourth-order valence-electron chi connectivity index (χ4n) is 3.33. The number of carbonyl (C=O) groups is 1. The average Bonchev–Trinajstić information content (AvgIpc) is 3.04. The van der Waals surface area contributed by atoms with Gasteiger partial charge in [0, 0.05) is 43.6 Å². The van der Waals surface area contributed by atoms with E-state index in [-0.39, 0.29) is 11.6 Å². The molecule has 1 fully saturated rings. The maximum atomic E-state index is 12.2. The molecule has 0 aliphatic carbocycles. The van der Waals surface area contributed by atoms with Crippen LogP contribution in [-0.4, -0.2) is 64.1 Å². The second-order valence-electron chi connectivity index (χ2n) is 7.81. The van der Waals surface area contributed by atoms with Crippen molar-refractivity contribution in [2.75, 3.05) is 32.8 Å². The fraction of sp³-hybridized carbons (Fsp3) is 0.550. The molecule has 8 heteroatoms. The van der Waals surface area contributed by atoms with Gasteiger partial charge in [-0.3, -0.25) is 4.90 Å². The Bertz CT molecular complexity index is 794. The van der Waals surface area contributed by atoms with E-state index in [9.17, 15) is 4.79 Å². The van der Waals surface area contributed by atoms with E-state index in [0.29, 0.717) is 13.1 Å². The fourth-order valence-corrected chi connectivity index (χ4v) is 3.33. The highest BCUT2D eigenvalue weighted by Crippen LogP contribution is 2.15. The van der Waals surface area contributed by atoms with Gasteiger partial charge in [0.15, 0.2) is 5.82 Å². The van der Waals surface area contributed by atoms with Crippen molar-refractivity contribution in [3.63, 3.8) is 0 Å². The lowest BCUT2D eigenvalue weighted by molar-refractivity contribution is -0.00874. The first-order chi connectivity index (χ1) is 13.3. The molecule has 152 valence electrons. The number of pyridine rings is 1. The van der Waals surface area contributed by atoms with Gasteiger partial charge < -0.3 is 15.4 Å². The minimum atomic E-state index is -0.177. The van der Waals surface area contributed by atoms with Crippen LogP contribution in [0.4, 0.5) is 4.79 Å². The summed E-state index contributed by atoms with van der Waals surface area (Å²) in [6.07, 6.45) is 1.77. The van der Waals surface area contributed by atoms with Crippen LogP contribution >= 0.6 is 0 Å². The van der Waals surface area contributed by atoms with Crippen molar-refractivity contribution in [3.05, 3.63) is 41.3 Å². The van der Waals surface area contributed by atoms with Crippen molar-refractivity contribution in [3.8, 4) is 5.82 Å². The summed E-state index contributed by atoms with van der Waals surface area (Å²) in [6, 6.07) is 5.70. The monoisotopic (exact) mass is 386 g/mol. The van der Waals surface area contributed by atoms with E-state index in [1.807, 2.05) is 36.7 Å². The number of ether oxygens (including phenoxy) is 1. The zero-order valence-corrected chi connectivity index (χ0v) is 17.2. The summed E-state index contributed by atoms with van der Waals surface area (Å²) >= 11 is 0. The molecule has 1 aliphatic rings. The van der Waals surface area contributed by atoms with Crippen LogP contribution < -0.4 is 10.6 Å². The van der Waals surface area contributed by atoms with Gasteiger partial charge in [-0.05, 0) is 45.4 Å². The Morgan fingerprint density at radius 1 is 1.21 bits per heavy atom. The molecule has 0 bridgehead atoms. The minimum absolute atomic E-state index is 0.107. The Morgan fingerprint density at radius 2 is 1.96 bits per heavy atom. The van der Waals surface area contributed by atoms with E-state index in [2.05, 4.69) is 39.5 Å². The first-order valence-electron chi connectivity index (χ1n) is 9.68. The number of nitrogens with zero attached hydrogens (tertiary/aromatic N) is 4. The summed E-state index contributed by atoms with van der Waals surface area (Å²) in [5.41, 5.74) is 2.83. The SMILES string of the molecule is Cc1cc(C)n(-c2ccc(CNC(=O)NCC(C)(C)N3CCOCC3)cn2)n1. The molecule has 0 unspecified atom stereocenters. The van der Waals surface area contributed by atoms with Crippen molar-refractivity contribution in [1.29, 1.82) is 0 Å². The van der Waals surface area contributed by atoms with Gasteiger partial charge in [-0.25, -0.2) is 14.5 Å². The third kappa shape index (κ3) is 5.08. The number of morpholine rings is 1. The average molecular weight is 387 g/mol. The van der Waals surface area contributed by atoms with E-state index < -0.39 is 0 Å². The Hall–Kier alpha value is -2.45. The maximum Gasteiger partial charge on any atom is 0.315 e. The largest absolute Gasteiger partial charge is 0.379 e. The lowest BCUT2D eigenvalue weighted by Gasteiger charge is -2.40. The molecule has 2 amide bonds. The summed E-state index contributed by atoms with van der Waals surface area (Å²) in [5.74, 6) is 0.770. The molecule has 0 spiro atoms. The van der Waals surface area contributed by atoms with Gasteiger partial charge in [0.05, 0.1) is 18.9 Å². The van der Waals surface area contributed by atoms with Crippen molar-refractivity contribution < 1.29 is 9.53 Å². The highest BCUT2D eigenvalue weighted by molar-refractivity contribution is 5.73. The summed E-state index contributed by atoms with van der Waals surface area (Å²) in [6.45, 7) is 12.5. The third-order valence-corrected chi connectivity index (χ3v) is 5.04. The summed E-state index contributed by atoms with van der Waals surface area (Å²) in [7, 11) is 0. The molecule has 3 rings (SSSR count). The van der Waals surface area contributed by atoms with Crippen LogP contribution in [0.3, 0.4) is 0 Å². The highest BCUT2D eigenvalue weighted by Gasteiger charge is 2.28. The molecule has 1 aliphatic heterocycles. The predicted octanol–water partition coefficient (Wildman–Crippen LogP) is 1.79. The smallest absolute Gasteiger partial charge is 0.315 e. The van der Waals surface area contributed by atoms with E-state index in [0.717, 1.165) is 49.1 Å². The van der Waals surface area contributed by atoms with Gasteiger partial charge in [0.1, 0.15) is 0 Å². The van der Waals surface area contributed by atoms with Gasteiger partial charge in [-0.1, -0.05) is 6.07 Å². The van der Waals surface area contributed by atoms with Gasteiger partial charge in [0.2, 0.25) is 0 Å². The number of nitrogens with one attached hydrogen (secondary N) is 2. The number of amides is 2. The third-order valence-electron chi connectivity index (χ3n) is 5.04. The van der Waals surface area contributed by atoms with Crippen LogP contribution in [0.2, 0.25) is 0 Å². The number of hydrogen-bond donors (Lipinski definition) is 2. The lowest BCUT2D eigenvalue weighted by atomic mass is 10.0. The van der Waals surface area contributed by atoms with Crippen LogP contribution in [0.25, 0.3) is 5.82 Å². The maximum absolute atomic E-state index is 12.2. The molecule has 1 saturated heterocycles. The standard InChI is InChI=1S/C20H30N6O2/c1-15-11-16(2)26(24-15)18-6-5-17(12-21-18)13-22-19(27)23-14-20(3,4)25-7-9-28-10-8-25/h5-6,11-12H,7-10,13-14H2,1-4H3,(H2,22,23,27). The first-order valence-corrected chi connectivity index (χ1v) is 9.68. The first kappa shape index (κ1) is 20.3. The second kappa shape index (κ2) is 8.70. The number of aromatic nitrogens is 3. The van der Waals surface area contributed by atoms with Gasteiger partial charge in [-0.15, -0.1) is 0 Å². The van der Waals surface area contributed by atoms with Crippen molar-refractivity contribution in [2.24, 2.45) is 0 Å². The minimum Gasteiger partial charge on any atom is -0.379 e. The van der Waals surface area contributed by atoms with E-state index in [1.165, 1.54) is 0 Å². The van der Waals surface area contributed by atoms with Gasteiger partial charge in [0.25, 0.3) is 0 Å². The Labute approximate surface area is 166 Å². The number of carbonyl (C=O) groups excluding carboxylic acids is 1. The molecule has 0 saturated carbocycles. The molecule has 0 radical (unpaired) electrons. The molecule has 0 atom stereocenters. The van der Waals surface area contributed by atoms with Crippen molar-refractivity contribution in [1.82, 2.24) is 30.3 Å². The molecule has 2 aromatic heterocycles. The number of rotatable bonds is 6. The van der Waals surface area contributed by atoms with Gasteiger partial charge >= 0.3 is 6.03 Å². The Balaban J connectivity index is 1.47. The van der Waals surface area contributed by atoms with Crippen LogP contribution in [0, 0.1) is 13.8 Å². The lowest BCUT2D eigenvalue weighted by Crippen LogP contribution is -2.56. The second-order valence-corrected chi connectivity index (χ2v) is 7.81. The quantitative estimate of drug-likeness (QED) is 0.791. The van der Waals surface area contributed by atoms with Crippen LogP contribution in [0.1, 0.15) is 30.8 Å². The molecule has 3 heterocycles.